The van der Waals surface area contributed by atoms with E-state index in [1.165, 1.54) is 5.41 Å². The minimum Gasteiger partial charge on any atom is -0.224 e. The third-order valence-corrected chi connectivity index (χ3v) is 3.46. The molecule has 2 nitrogen and oxygen atoms in total. The monoisotopic (exact) mass is 190 g/mol. The number of sulfone groups is 1. The van der Waals surface area contributed by atoms with Crippen molar-refractivity contribution in [2.24, 2.45) is 5.41 Å². The summed E-state index contributed by atoms with van der Waals surface area (Å²) in [6.07, 6.45) is 0. The zero-order valence-electron chi connectivity index (χ0n) is 8.51. The molecule has 0 aliphatic rings. The van der Waals surface area contributed by atoms with Gasteiger partial charge in [-0.15, -0.1) is 0 Å². The third kappa shape index (κ3) is 3.90. The second kappa shape index (κ2) is 3.60. The SMILES string of the molecule is CCS(=O)(=O)/C=C(/C)C(C)(C)C. The van der Waals surface area contributed by atoms with Crippen LogP contribution in [0.3, 0.4) is 0 Å². The molecule has 0 saturated carbocycles. The van der Waals surface area contributed by atoms with Crippen molar-refractivity contribution in [1.82, 2.24) is 0 Å². The first kappa shape index (κ1) is 11.7. The topological polar surface area (TPSA) is 34.1 Å². The molecule has 0 aromatic rings. The molecule has 0 N–H and O–H groups in total. The van der Waals surface area contributed by atoms with Crippen molar-refractivity contribution in [2.45, 2.75) is 34.6 Å². The van der Waals surface area contributed by atoms with Crippen LogP contribution in [0.15, 0.2) is 11.0 Å². The summed E-state index contributed by atoms with van der Waals surface area (Å²) in [4.78, 5) is 0. The fourth-order valence-corrected chi connectivity index (χ4v) is 1.59. The summed E-state index contributed by atoms with van der Waals surface area (Å²) in [5.74, 6) is 0.181. The fourth-order valence-electron chi connectivity index (χ4n) is 0.529. The molecule has 0 aromatic carbocycles. The van der Waals surface area contributed by atoms with E-state index in [1.54, 1.807) is 6.92 Å². The number of rotatable bonds is 2. The lowest BCUT2D eigenvalue weighted by Crippen LogP contribution is -2.09. The van der Waals surface area contributed by atoms with E-state index in [0.717, 1.165) is 5.57 Å². The Labute approximate surface area is 75.6 Å². The average molecular weight is 190 g/mol. The summed E-state index contributed by atoms with van der Waals surface area (Å²) in [5, 5.41) is 1.38. The number of allylic oxidation sites excluding steroid dienone is 1. The lowest BCUT2D eigenvalue weighted by atomic mass is 9.89. The van der Waals surface area contributed by atoms with Crippen molar-refractivity contribution in [1.29, 1.82) is 0 Å². The van der Waals surface area contributed by atoms with E-state index >= 15 is 0 Å². The first-order chi connectivity index (χ1) is 5.19. The molecule has 0 aromatic heterocycles. The molecule has 12 heavy (non-hydrogen) atoms. The quantitative estimate of drug-likeness (QED) is 0.670. The Balaban J connectivity index is 4.83. The Kier molecular flexibility index (Phi) is 3.51. The van der Waals surface area contributed by atoms with Crippen molar-refractivity contribution < 1.29 is 8.42 Å². The van der Waals surface area contributed by atoms with Gasteiger partial charge >= 0.3 is 0 Å². The van der Waals surface area contributed by atoms with E-state index in [9.17, 15) is 8.42 Å². The molecule has 0 unspecified atom stereocenters. The van der Waals surface area contributed by atoms with Crippen LogP contribution in [0, 0.1) is 5.41 Å². The second-order valence-corrected chi connectivity index (χ2v) is 6.14. The van der Waals surface area contributed by atoms with Crippen molar-refractivity contribution in [2.75, 3.05) is 5.75 Å². The molecule has 0 radical (unpaired) electrons. The van der Waals surface area contributed by atoms with Crippen LogP contribution in [0.1, 0.15) is 34.6 Å². The molecule has 0 rings (SSSR count). The van der Waals surface area contributed by atoms with Crippen LogP contribution in [0.25, 0.3) is 0 Å². The summed E-state index contributed by atoms with van der Waals surface area (Å²) < 4.78 is 22.4. The normalized spacial score (nSPS) is 14.9. The van der Waals surface area contributed by atoms with E-state index in [2.05, 4.69) is 0 Å². The summed E-state index contributed by atoms with van der Waals surface area (Å²) >= 11 is 0. The highest BCUT2D eigenvalue weighted by Crippen LogP contribution is 2.25. The van der Waals surface area contributed by atoms with E-state index in [0.29, 0.717) is 0 Å². The fraction of sp³-hybridized carbons (Fsp3) is 0.778. The highest BCUT2D eigenvalue weighted by Gasteiger charge is 2.15. The molecule has 3 heteroatoms. The summed E-state index contributed by atoms with van der Waals surface area (Å²) in [6, 6.07) is 0. The maximum atomic E-state index is 11.2. The van der Waals surface area contributed by atoms with Crippen LogP contribution in [-0.2, 0) is 9.84 Å². The molecule has 0 fully saturated rings. The standard InChI is InChI=1S/C9H18O2S/c1-6-12(10,11)7-8(2)9(3,4)5/h7H,6H2,1-5H3/b8-7-. The summed E-state index contributed by atoms with van der Waals surface area (Å²) in [5.41, 5.74) is 0.853. The molecule has 72 valence electrons. The molecular formula is C9H18O2S. The minimum atomic E-state index is -2.96. The number of hydrogen-bond acceptors (Lipinski definition) is 2. The van der Waals surface area contributed by atoms with Gasteiger partial charge in [0.2, 0.25) is 0 Å². The highest BCUT2D eigenvalue weighted by atomic mass is 32.2. The van der Waals surface area contributed by atoms with Gasteiger partial charge in [-0.05, 0) is 12.3 Å². The Hall–Kier alpha value is -0.310. The van der Waals surface area contributed by atoms with E-state index in [-0.39, 0.29) is 11.2 Å². The van der Waals surface area contributed by atoms with Crippen LogP contribution in [0.5, 0.6) is 0 Å². The van der Waals surface area contributed by atoms with E-state index in [4.69, 9.17) is 0 Å². The predicted molar refractivity (Wildman–Crippen MR) is 52.7 cm³/mol. The van der Waals surface area contributed by atoms with Crippen LogP contribution >= 0.6 is 0 Å². The molecule has 0 aliphatic heterocycles. The van der Waals surface area contributed by atoms with Gasteiger partial charge in [-0.2, -0.15) is 0 Å². The molecule has 0 amide bonds. The average Bonchev–Trinajstić information content (AvgIpc) is 1.85. The van der Waals surface area contributed by atoms with Crippen molar-refractivity contribution in [3.8, 4) is 0 Å². The van der Waals surface area contributed by atoms with Crippen molar-refractivity contribution in [3.05, 3.63) is 11.0 Å². The maximum Gasteiger partial charge on any atom is 0.171 e. The molecule has 0 heterocycles. The molecule has 0 saturated heterocycles. The van der Waals surface area contributed by atoms with Gasteiger partial charge in [0.25, 0.3) is 0 Å². The first-order valence-electron chi connectivity index (χ1n) is 4.10. The molecule has 0 bridgehead atoms. The summed E-state index contributed by atoms with van der Waals surface area (Å²) in [7, 11) is -2.96. The Morgan fingerprint density at radius 3 is 2.00 bits per heavy atom. The largest absolute Gasteiger partial charge is 0.224 e. The smallest absolute Gasteiger partial charge is 0.171 e. The van der Waals surface area contributed by atoms with Crippen molar-refractivity contribution in [3.63, 3.8) is 0 Å². The summed E-state index contributed by atoms with van der Waals surface area (Å²) in [6.45, 7) is 9.52. The number of hydrogen-bond donors (Lipinski definition) is 0. The second-order valence-electron chi connectivity index (χ2n) is 4.00. The highest BCUT2D eigenvalue weighted by molar-refractivity contribution is 7.94. The van der Waals surface area contributed by atoms with Gasteiger partial charge in [-0.1, -0.05) is 33.3 Å². The molecular weight excluding hydrogens is 172 g/mol. The van der Waals surface area contributed by atoms with Gasteiger partial charge in [0.15, 0.2) is 9.84 Å². The molecule has 0 spiro atoms. The van der Waals surface area contributed by atoms with Gasteiger partial charge < -0.3 is 0 Å². The van der Waals surface area contributed by atoms with Gasteiger partial charge in [-0.25, -0.2) is 8.42 Å². The van der Waals surface area contributed by atoms with Crippen LogP contribution in [0.2, 0.25) is 0 Å². The van der Waals surface area contributed by atoms with Crippen molar-refractivity contribution >= 4 is 9.84 Å². The molecule has 0 atom stereocenters. The lowest BCUT2D eigenvalue weighted by molar-refractivity contribution is 0.504. The predicted octanol–water partition coefficient (Wildman–Crippen LogP) is 2.37. The van der Waals surface area contributed by atoms with E-state index in [1.807, 2.05) is 27.7 Å². The van der Waals surface area contributed by atoms with E-state index < -0.39 is 9.84 Å². The third-order valence-electron chi connectivity index (χ3n) is 1.94. The van der Waals surface area contributed by atoms with Gasteiger partial charge in [-0.3, -0.25) is 0 Å². The minimum absolute atomic E-state index is 0.0533. The van der Waals surface area contributed by atoms with Crippen LogP contribution in [-0.4, -0.2) is 14.2 Å². The Morgan fingerprint density at radius 2 is 1.75 bits per heavy atom. The first-order valence-corrected chi connectivity index (χ1v) is 5.82. The van der Waals surface area contributed by atoms with Crippen LogP contribution in [0.4, 0.5) is 0 Å². The maximum absolute atomic E-state index is 11.2. The Bertz CT molecular complexity index is 265. The lowest BCUT2D eigenvalue weighted by Gasteiger charge is -2.18. The van der Waals surface area contributed by atoms with Gasteiger partial charge in [0.1, 0.15) is 0 Å². The zero-order chi connectivity index (χ0) is 9.99. The molecule has 0 aliphatic carbocycles. The Morgan fingerprint density at radius 1 is 1.33 bits per heavy atom. The van der Waals surface area contributed by atoms with Gasteiger partial charge in [0, 0.05) is 5.41 Å². The van der Waals surface area contributed by atoms with Crippen LogP contribution < -0.4 is 0 Å². The zero-order valence-corrected chi connectivity index (χ0v) is 9.33. The van der Waals surface area contributed by atoms with Gasteiger partial charge in [0.05, 0.1) is 5.75 Å².